The third-order valence-electron chi connectivity index (χ3n) is 5.17. The molecule has 3 atom stereocenters. The molecule has 3 nitrogen and oxygen atoms in total. The van der Waals surface area contributed by atoms with Gasteiger partial charge in [-0.25, -0.2) is 0 Å². The second-order valence-corrected chi connectivity index (χ2v) is 6.11. The van der Waals surface area contributed by atoms with Crippen molar-refractivity contribution in [3.8, 4) is 0 Å². The number of hydrogen-bond donors (Lipinski definition) is 1. The highest BCUT2D eigenvalue weighted by Gasteiger charge is 2.44. The van der Waals surface area contributed by atoms with E-state index in [1.807, 2.05) is 11.0 Å². The summed E-state index contributed by atoms with van der Waals surface area (Å²) in [4.78, 5) is 14.8. The molecule has 1 amide bonds. The molecule has 4 rings (SSSR count). The van der Waals surface area contributed by atoms with Crippen molar-refractivity contribution in [3.05, 3.63) is 29.8 Å². The zero-order valence-electron chi connectivity index (χ0n) is 11.1. The van der Waals surface area contributed by atoms with E-state index < -0.39 is 0 Å². The Bertz CT molecular complexity index is 513. The van der Waals surface area contributed by atoms with Crippen LogP contribution >= 0.6 is 0 Å². The van der Waals surface area contributed by atoms with Crippen molar-refractivity contribution in [1.29, 1.82) is 0 Å². The average Bonchev–Trinajstić information content (AvgIpc) is 3.12. The predicted molar refractivity (Wildman–Crippen MR) is 75.1 cm³/mol. The fraction of sp³-hybridized carbons (Fsp3) is 0.562. The smallest absolute Gasteiger partial charge is 0.244 e. The van der Waals surface area contributed by atoms with Crippen LogP contribution in [0.3, 0.4) is 0 Å². The van der Waals surface area contributed by atoms with Crippen LogP contribution < -0.4 is 10.2 Å². The van der Waals surface area contributed by atoms with E-state index in [0.717, 1.165) is 31.1 Å². The molecular weight excluding hydrogens is 236 g/mol. The molecule has 0 radical (unpaired) electrons. The predicted octanol–water partition coefficient (Wildman–Crippen LogP) is 1.96. The van der Waals surface area contributed by atoms with Gasteiger partial charge in [0, 0.05) is 12.2 Å². The zero-order chi connectivity index (χ0) is 12.8. The topological polar surface area (TPSA) is 32.3 Å². The molecule has 1 saturated carbocycles. The Balaban J connectivity index is 1.59. The van der Waals surface area contributed by atoms with E-state index in [2.05, 4.69) is 23.5 Å². The van der Waals surface area contributed by atoms with Gasteiger partial charge >= 0.3 is 0 Å². The van der Waals surface area contributed by atoms with Gasteiger partial charge in [0.1, 0.15) is 0 Å². The number of para-hydroxylation sites is 1. The monoisotopic (exact) mass is 256 g/mol. The zero-order valence-corrected chi connectivity index (χ0v) is 11.1. The summed E-state index contributed by atoms with van der Waals surface area (Å²) in [6.07, 6.45) is 4.84. The number of carbonyl (C=O) groups excluding carboxylic acids is 1. The Kier molecular flexibility index (Phi) is 2.62. The van der Waals surface area contributed by atoms with Crippen LogP contribution in [0.15, 0.2) is 24.3 Å². The van der Waals surface area contributed by atoms with Crippen LogP contribution in [-0.2, 0) is 11.2 Å². The third kappa shape index (κ3) is 1.71. The maximum Gasteiger partial charge on any atom is 0.244 e. The number of anilines is 1. The van der Waals surface area contributed by atoms with E-state index in [4.69, 9.17) is 0 Å². The van der Waals surface area contributed by atoms with Crippen LogP contribution in [0, 0.1) is 11.8 Å². The first-order valence-electron chi connectivity index (χ1n) is 7.47. The standard InChI is InChI=1S/C16H20N2O/c19-16(15-13-6-3-5-12(13)10-17-15)18-9-8-11-4-1-2-7-14(11)18/h1-2,4,7,12-13,15,17H,3,5-6,8-10H2. The van der Waals surface area contributed by atoms with Crippen LogP contribution in [-0.4, -0.2) is 25.0 Å². The van der Waals surface area contributed by atoms with Crippen molar-refractivity contribution in [2.45, 2.75) is 31.7 Å². The summed E-state index contributed by atoms with van der Waals surface area (Å²) in [5.41, 5.74) is 2.45. The molecule has 0 spiro atoms. The van der Waals surface area contributed by atoms with E-state index in [9.17, 15) is 4.79 Å². The minimum absolute atomic E-state index is 0.0682. The van der Waals surface area contributed by atoms with E-state index in [1.165, 1.54) is 24.8 Å². The number of fused-ring (bicyclic) bond motifs is 2. The molecule has 1 aliphatic carbocycles. The highest BCUT2D eigenvalue weighted by molar-refractivity contribution is 5.99. The van der Waals surface area contributed by atoms with Crippen molar-refractivity contribution in [3.63, 3.8) is 0 Å². The molecule has 3 aliphatic rings. The van der Waals surface area contributed by atoms with Gasteiger partial charge in [-0.15, -0.1) is 0 Å². The van der Waals surface area contributed by atoms with Gasteiger partial charge in [-0.05, 0) is 49.3 Å². The highest BCUT2D eigenvalue weighted by atomic mass is 16.2. The van der Waals surface area contributed by atoms with Gasteiger partial charge in [0.2, 0.25) is 5.91 Å². The van der Waals surface area contributed by atoms with Crippen molar-refractivity contribution in [1.82, 2.24) is 5.32 Å². The van der Waals surface area contributed by atoms with Crippen molar-refractivity contribution in [2.75, 3.05) is 18.0 Å². The lowest BCUT2D eigenvalue weighted by Crippen LogP contribution is -2.45. The Hall–Kier alpha value is -1.35. The van der Waals surface area contributed by atoms with Gasteiger partial charge in [0.15, 0.2) is 0 Å². The number of benzene rings is 1. The van der Waals surface area contributed by atoms with Crippen LogP contribution in [0.2, 0.25) is 0 Å². The molecule has 3 heteroatoms. The number of nitrogens with zero attached hydrogens (tertiary/aromatic N) is 1. The molecule has 0 bridgehead atoms. The molecule has 1 N–H and O–H groups in total. The molecule has 1 aromatic rings. The van der Waals surface area contributed by atoms with E-state index >= 15 is 0 Å². The third-order valence-corrected chi connectivity index (χ3v) is 5.17. The van der Waals surface area contributed by atoms with E-state index in [0.29, 0.717) is 11.8 Å². The Labute approximate surface area is 114 Å². The van der Waals surface area contributed by atoms with Crippen LogP contribution in [0.4, 0.5) is 5.69 Å². The Morgan fingerprint density at radius 3 is 3.11 bits per heavy atom. The fourth-order valence-corrected chi connectivity index (χ4v) is 4.19. The summed E-state index contributed by atoms with van der Waals surface area (Å²) < 4.78 is 0. The largest absolute Gasteiger partial charge is 0.310 e. The van der Waals surface area contributed by atoms with Gasteiger partial charge in [-0.3, -0.25) is 4.79 Å². The minimum Gasteiger partial charge on any atom is -0.310 e. The second kappa shape index (κ2) is 4.34. The second-order valence-electron chi connectivity index (χ2n) is 6.11. The maximum absolute atomic E-state index is 12.8. The summed E-state index contributed by atoms with van der Waals surface area (Å²) in [5, 5.41) is 3.47. The first kappa shape index (κ1) is 11.5. The molecule has 19 heavy (non-hydrogen) atoms. The molecule has 1 saturated heterocycles. The van der Waals surface area contributed by atoms with Crippen molar-refractivity contribution >= 4 is 11.6 Å². The van der Waals surface area contributed by atoms with Crippen LogP contribution in [0.25, 0.3) is 0 Å². The van der Waals surface area contributed by atoms with Crippen LogP contribution in [0.1, 0.15) is 24.8 Å². The molecule has 0 aromatic heterocycles. The lowest BCUT2D eigenvalue weighted by Gasteiger charge is -2.24. The van der Waals surface area contributed by atoms with Crippen molar-refractivity contribution in [2.24, 2.45) is 11.8 Å². The first-order valence-corrected chi connectivity index (χ1v) is 7.47. The quantitative estimate of drug-likeness (QED) is 0.833. The number of amides is 1. The lowest BCUT2D eigenvalue weighted by molar-refractivity contribution is -0.121. The summed E-state index contributed by atoms with van der Waals surface area (Å²) in [6.45, 7) is 1.89. The lowest BCUT2D eigenvalue weighted by atomic mass is 9.93. The van der Waals surface area contributed by atoms with E-state index in [1.54, 1.807) is 0 Å². The number of carbonyl (C=O) groups is 1. The molecule has 2 fully saturated rings. The maximum atomic E-state index is 12.8. The molecule has 2 aliphatic heterocycles. The highest BCUT2D eigenvalue weighted by Crippen LogP contribution is 2.39. The van der Waals surface area contributed by atoms with Crippen molar-refractivity contribution < 1.29 is 4.79 Å². The van der Waals surface area contributed by atoms with Gasteiger partial charge in [0.25, 0.3) is 0 Å². The summed E-state index contributed by atoms with van der Waals surface area (Å²) in [7, 11) is 0. The Morgan fingerprint density at radius 1 is 1.26 bits per heavy atom. The average molecular weight is 256 g/mol. The molecule has 100 valence electrons. The summed E-state index contributed by atoms with van der Waals surface area (Å²) in [5.74, 6) is 1.63. The Morgan fingerprint density at radius 2 is 2.16 bits per heavy atom. The molecule has 2 heterocycles. The summed E-state index contributed by atoms with van der Waals surface area (Å²) >= 11 is 0. The fourth-order valence-electron chi connectivity index (χ4n) is 4.19. The SMILES string of the molecule is O=C(C1NCC2CCCC21)N1CCc2ccccc21. The number of hydrogen-bond acceptors (Lipinski definition) is 2. The normalized spacial score (nSPS) is 32.4. The van der Waals surface area contributed by atoms with Gasteiger partial charge < -0.3 is 10.2 Å². The molecule has 1 aromatic carbocycles. The van der Waals surface area contributed by atoms with Gasteiger partial charge in [-0.1, -0.05) is 24.6 Å². The molecule has 3 unspecified atom stereocenters. The van der Waals surface area contributed by atoms with Gasteiger partial charge in [0.05, 0.1) is 6.04 Å². The number of nitrogens with one attached hydrogen (secondary N) is 1. The molecular formula is C16H20N2O. The minimum atomic E-state index is 0.0682. The first-order chi connectivity index (χ1) is 9.34. The van der Waals surface area contributed by atoms with Gasteiger partial charge in [-0.2, -0.15) is 0 Å². The van der Waals surface area contributed by atoms with Crippen LogP contribution in [0.5, 0.6) is 0 Å². The van der Waals surface area contributed by atoms with E-state index in [-0.39, 0.29) is 6.04 Å². The number of rotatable bonds is 1. The summed E-state index contributed by atoms with van der Waals surface area (Å²) in [6, 6.07) is 8.39.